The summed E-state index contributed by atoms with van der Waals surface area (Å²) in [5.74, 6) is 0.189. The van der Waals surface area contributed by atoms with Crippen molar-refractivity contribution in [2.45, 2.75) is 13.0 Å². The Labute approximate surface area is 90.6 Å². The summed E-state index contributed by atoms with van der Waals surface area (Å²) >= 11 is 0. The summed E-state index contributed by atoms with van der Waals surface area (Å²) in [6, 6.07) is 0.199. The molecule has 0 aliphatic rings. The van der Waals surface area contributed by atoms with Gasteiger partial charge in [-0.15, -0.1) is 0 Å². The molecule has 1 unspecified atom stereocenters. The number of amidine groups is 1. The fraction of sp³-hybridized carbons (Fsp3) is 0.889. The van der Waals surface area contributed by atoms with Crippen LogP contribution in [0.5, 0.6) is 0 Å². The predicted octanol–water partition coefficient (Wildman–Crippen LogP) is -0.284. The first-order valence-corrected chi connectivity index (χ1v) is 4.84. The molecule has 0 bridgehead atoms. The first-order valence-electron chi connectivity index (χ1n) is 4.84. The van der Waals surface area contributed by atoms with Crippen molar-refractivity contribution in [3.8, 4) is 0 Å². The second-order valence-electron chi connectivity index (χ2n) is 3.36. The molecule has 3 N–H and O–H groups in total. The lowest BCUT2D eigenvalue weighted by Gasteiger charge is -2.27. The zero-order chi connectivity index (χ0) is 11.7. The van der Waals surface area contributed by atoms with E-state index in [1.807, 2.05) is 11.8 Å². The normalized spacial score (nSPS) is 14.5. The lowest BCUT2D eigenvalue weighted by Crippen LogP contribution is -2.43. The van der Waals surface area contributed by atoms with E-state index in [9.17, 15) is 0 Å². The molecule has 0 amide bonds. The molecule has 6 heteroatoms. The van der Waals surface area contributed by atoms with E-state index in [1.54, 1.807) is 14.2 Å². The van der Waals surface area contributed by atoms with Crippen LogP contribution in [-0.2, 0) is 9.47 Å². The quantitative estimate of drug-likeness (QED) is 0.254. The van der Waals surface area contributed by atoms with Crippen molar-refractivity contribution in [2.75, 3.05) is 40.5 Å². The van der Waals surface area contributed by atoms with E-state index >= 15 is 0 Å². The summed E-state index contributed by atoms with van der Waals surface area (Å²) in [5, 5.41) is 11.4. The van der Waals surface area contributed by atoms with E-state index in [0.29, 0.717) is 19.8 Å². The Morgan fingerprint density at radius 3 is 2.60 bits per heavy atom. The summed E-state index contributed by atoms with van der Waals surface area (Å²) in [6.07, 6.45) is 0. The van der Waals surface area contributed by atoms with Crippen LogP contribution in [0.4, 0.5) is 0 Å². The second kappa shape index (κ2) is 8.46. The van der Waals surface area contributed by atoms with Crippen molar-refractivity contribution in [3.05, 3.63) is 0 Å². The molecule has 0 heterocycles. The minimum Gasteiger partial charge on any atom is -0.409 e. The standard InChI is InChI=1S/C9H21N3O3/c1-8(7-15-3)12(4-5-14-2)6-9(10)11-13/h8,13H,4-7H2,1-3H3,(H2,10,11). The third-order valence-electron chi connectivity index (χ3n) is 2.11. The van der Waals surface area contributed by atoms with Gasteiger partial charge in [-0.2, -0.15) is 0 Å². The average molecular weight is 219 g/mol. The molecule has 0 aromatic carbocycles. The van der Waals surface area contributed by atoms with Gasteiger partial charge >= 0.3 is 0 Å². The molecule has 0 aliphatic heterocycles. The van der Waals surface area contributed by atoms with Gasteiger partial charge in [-0.05, 0) is 6.92 Å². The first-order chi connectivity index (χ1) is 7.15. The number of rotatable bonds is 8. The Hall–Kier alpha value is -0.850. The summed E-state index contributed by atoms with van der Waals surface area (Å²) in [4.78, 5) is 2.03. The summed E-state index contributed by atoms with van der Waals surface area (Å²) in [6.45, 7) is 4.35. The molecule has 0 saturated carbocycles. The number of oxime groups is 1. The maximum absolute atomic E-state index is 8.49. The Kier molecular flexibility index (Phi) is 7.98. The number of hydrogen-bond acceptors (Lipinski definition) is 5. The van der Waals surface area contributed by atoms with E-state index in [0.717, 1.165) is 6.54 Å². The molecular weight excluding hydrogens is 198 g/mol. The average Bonchev–Trinajstić information content (AvgIpc) is 2.24. The number of ether oxygens (including phenoxy) is 2. The van der Waals surface area contributed by atoms with Crippen molar-refractivity contribution in [2.24, 2.45) is 10.9 Å². The fourth-order valence-electron chi connectivity index (χ4n) is 1.25. The van der Waals surface area contributed by atoms with Crippen LogP contribution in [0.15, 0.2) is 5.16 Å². The van der Waals surface area contributed by atoms with Crippen molar-refractivity contribution in [1.29, 1.82) is 0 Å². The van der Waals surface area contributed by atoms with Crippen LogP contribution >= 0.6 is 0 Å². The van der Waals surface area contributed by atoms with Crippen molar-refractivity contribution < 1.29 is 14.7 Å². The first kappa shape index (κ1) is 14.2. The molecule has 6 nitrogen and oxygen atoms in total. The van der Waals surface area contributed by atoms with Crippen LogP contribution in [-0.4, -0.2) is 62.5 Å². The number of nitrogens with two attached hydrogens (primary N) is 1. The smallest absolute Gasteiger partial charge is 0.153 e. The van der Waals surface area contributed by atoms with E-state index in [1.165, 1.54) is 0 Å². The van der Waals surface area contributed by atoms with Crippen LogP contribution in [0.2, 0.25) is 0 Å². The molecule has 15 heavy (non-hydrogen) atoms. The minimum absolute atomic E-state index is 0.189. The van der Waals surface area contributed by atoms with Gasteiger partial charge in [-0.25, -0.2) is 0 Å². The second-order valence-corrected chi connectivity index (χ2v) is 3.36. The van der Waals surface area contributed by atoms with E-state index < -0.39 is 0 Å². The topological polar surface area (TPSA) is 80.3 Å². The highest BCUT2D eigenvalue weighted by atomic mass is 16.5. The van der Waals surface area contributed by atoms with Gasteiger partial charge in [0.1, 0.15) is 0 Å². The highest BCUT2D eigenvalue weighted by Gasteiger charge is 2.14. The Morgan fingerprint density at radius 1 is 1.47 bits per heavy atom. The highest BCUT2D eigenvalue weighted by Crippen LogP contribution is 1.99. The zero-order valence-electron chi connectivity index (χ0n) is 9.64. The predicted molar refractivity (Wildman–Crippen MR) is 58.2 cm³/mol. The van der Waals surface area contributed by atoms with Gasteiger partial charge in [-0.1, -0.05) is 5.16 Å². The monoisotopic (exact) mass is 219 g/mol. The van der Waals surface area contributed by atoms with Gasteiger partial charge in [0.25, 0.3) is 0 Å². The molecule has 1 atom stereocenters. The number of hydrogen-bond donors (Lipinski definition) is 2. The summed E-state index contributed by atoms with van der Waals surface area (Å²) in [7, 11) is 3.29. The van der Waals surface area contributed by atoms with Gasteiger partial charge in [0, 0.05) is 26.8 Å². The maximum atomic E-state index is 8.49. The molecule has 0 spiro atoms. The van der Waals surface area contributed by atoms with E-state index in [4.69, 9.17) is 20.4 Å². The van der Waals surface area contributed by atoms with Gasteiger partial charge in [0.05, 0.1) is 19.8 Å². The molecule has 0 rings (SSSR count). The Bertz CT molecular complexity index is 187. The van der Waals surface area contributed by atoms with Gasteiger partial charge in [-0.3, -0.25) is 4.90 Å². The minimum atomic E-state index is 0.189. The van der Waals surface area contributed by atoms with Crippen molar-refractivity contribution >= 4 is 5.84 Å². The van der Waals surface area contributed by atoms with Crippen molar-refractivity contribution in [3.63, 3.8) is 0 Å². The SMILES string of the molecule is COCCN(CC(N)=NO)C(C)COC. The lowest BCUT2D eigenvalue weighted by atomic mass is 10.3. The molecule has 0 saturated heterocycles. The van der Waals surface area contributed by atoms with Crippen LogP contribution in [0.1, 0.15) is 6.92 Å². The van der Waals surface area contributed by atoms with Gasteiger partial charge < -0.3 is 20.4 Å². The molecule has 0 aromatic rings. The molecule has 0 aliphatic carbocycles. The van der Waals surface area contributed by atoms with Crippen LogP contribution in [0, 0.1) is 0 Å². The van der Waals surface area contributed by atoms with Gasteiger partial charge in [0.15, 0.2) is 5.84 Å². The van der Waals surface area contributed by atoms with Crippen LogP contribution in [0.3, 0.4) is 0 Å². The Balaban J connectivity index is 4.16. The Morgan fingerprint density at radius 2 is 2.13 bits per heavy atom. The fourth-order valence-corrected chi connectivity index (χ4v) is 1.25. The van der Waals surface area contributed by atoms with E-state index in [2.05, 4.69) is 5.16 Å². The summed E-state index contributed by atoms with van der Waals surface area (Å²) < 4.78 is 10.0. The van der Waals surface area contributed by atoms with Gasteiger partial charge in [0.2, 0.25) is 0 Å². The number of nitrogens with zero attached hydrogens (tertiary/aromatic N) is 2. The molecular formula is C9H21N3O3. The van der Waals surface area contributed by atoms with Crippen molar-refractivity contribution in [1.82, 2.24) is 4.90 Å². The van der Waals surface area contributed by atoms with E-state index in [-0.39, 0.29) is 11.9 Å². The highest BCUT2D eigenvalue weighted by molar-refractivity contribution is 5.81. The van der Waals surface area contributed by atoms with Crippen LogP contribution in [0.25, 0.3) is 0 Å². The molecule has 90 valence electrons. The third-order valence-corrected chi connectivity index (χ3v) is 2.11. The largest absolute Gasteiger partial charge is 0.409 e. The number of methoxy groups -OCH3 is 2. The molecule has 0 fully saturated rings. The molecule has 0 aromatic heterocycles. The third kappa shape index (κ3) is 6.27. The van der Waals surface area contributed by atoms with Crippen LogP contribution < -0.4 is 5.73 Å². The lowest BCUT2D eigenvalue weighted by molar-refractivity contribution is 0.0843. The zero-order valence-corrected chi connectivity index (χ0v) is 9.64. The summed E-state index contributed by atoms with van der Waals surface area (Å²) in [5.41, 5.74) is 5.46. The maximum Gasteiger partial charge on any atom is 0.153 e. The molecule has 0 radical (unpaired) electrons.